The summed E-state index contributed by atoms with van der Waals surface area (Å²) in [6.07, 6.45) is 3.31. The van der Waals surface area contributed by atoms with E-state index in [0.29, 0.717) is 29.4 Å². The van der Waals surface area contributed by atoms with Gasteiger partial charge in [-0.2, -0.15) is 0 Å². The minimum Gasteiger partial charge on any atom is -0.368 e. The maximum Gasteiger partial charge on any atom is 0.148 e. The lowest BCUT2D eigenvalue weighted by Crippen LogP contribution is -2.07. The predicted molar refractivity (Wildman–Crippen MR) is 65.6 cm³/mol. The van der Waals surface area contributed by atoms with Crippen molar-refractivity contribution < 1.29 is 8.78 Å². The average molecular weight is 270 g/mol. The van der Waals surface area contributed by atoms with Crippen molar-refractivity contribution in [3.8, 4) is 0 Å². The molecule has 94 valence electrons. The molecule has 0 aliphatic rings. The Bertz CT molecular complexity index is 528. The van der Waals surface area contributed by atoms with E-state index in [4.69, 9.17) is 11.6 Å². The van der Waals surface area contributed by atoms with Crippen molar-refractivity contribution in [2.75, 3.05) is 11.9 Å². The van der Waals surface area contributed by atoms with E-state index < -0.39 is 11.6 Å². The topological polar surface area (TPSA) is 37.8 Å². The summed E-state index contributed by atoms with van der Waals surface area (Å²) < 4.78 is 25.9. The number of aromatic nitrogens is 2. The van der Waals surface area contributed by atoms with Gasteiger partial charge in [-0.25, -0.2) is 18.7 Å². The molecule has 1 aromatic carbocycles. The summed E-state index contributed by atoms with van der Waals surface area (Å²) in [4.78, 5) is 7.69. The first kappa shape index (κ1) is 12.7. The van der Waals surface area contributed by atoms with Gasteiger partial charge < -0.3 is 5.32 Å². The molecule has 0 saturated heterocycles. The summed E-state index contributed by atoms with van der Waals surface area (Å²) in [5, 5.41) is 3.38. The van der Waals surface area contributed by atoms with Crippen LogP contribution in [0.3, 0.4) is 0 Å². The minimum absolute atomic E-state index is 0.405. The number of anilines is 1. The van der Waals surface area contributed by atoms with Gasteiger partial charge in [-0.05, 0) is 24.1 Å². The summed E-state index contributed by atoms with van der Waals surface area (Å²) >= 11 is 5.85. The summed E-state index contributed by atoms with van der Waals surface area (Å²) in [5.41, 5.74) is 0.574. The van der Waals surface area contributed by atoms with E-state index in [1.165, 1.54) is 24.7 Å². The molecule has 2 rings (SSSR count). The molecule has 0 unspecified atom stereocenters. The molecule has 0 amide bonds. The lowest BCUT2D eigenvalue weighted by atomic mass is 10.1. The second-order valence-corrected chi connectivity index (χ2v) is 4.08. The predicted octanol–water partition coefficient (Wildman–Crippen LogP) is 3.06. The van der Waals surface area contributed by atoms with Gasteiger partial charge in [0.25, 0.3) is 0 Å². The number of rotatable bonds is 4. The van der Waals surface area contributed by atoms with Gasteiger partial charge in [0.1, 0.15) is 28.8 Å². The second-order valence-electron chi connectivity index (χ2n) is 3.67. The number of hydrogen-bond donors (Lipinski definition) is 1. The molecular formula is C12H10ClF2N3. The third-order valence-electron chi connectivity index (χ3n) is 2.30. The van der Waals surface area contributed by atoms with Crippen LogP contribution in [0.4, 0.5) is 14.6 Å². The first-order chi connectivity index (χ1) is 8.65. The SMILES string of the molecule is Fc1cc(F)cc(CCNc2ncncc2Cl)c1. The monoisotopic (exact) mass is 269 g/mol. The molecule has 3 nitrogen and oxygen atoms in total. The second kappa shape index (κ2) is 5.73. The highest BCUT2D eigenvalue weighted by atomic mass is 35.5. The zero-order chi connectivity index (χ0) is 13.0. The number of benzene rings is 1. The quantitative estimate of drug-likeness (QED) is 0.927. The summed E-state index contributed by atoms with van der Waals surface area (Å²) in [6, 6.07) is 3.44. The van der Waals surface area contributed by atoms with Crippen molar-refractivity contribution in [2.45, 2.75) is 6.42 Å². The van der Waals surface area contributed by atoms with Gasteiger partial charge in [-0.3, -0.25) is 0 Å². The van der Waals surface area contributed by atoms with Crippen LogP contribution in [0.2, 0.25) is 5.02 Å². The molecule has 1 N–H and O–H groups in total. The number of nitrogens with one attached hydrogen (secondary N) is 1. The normalized spacial score (nSPS) is 10.4. The molecule has 0 radical (unpaired) electrons. The Morgan fingerprint density at radius 3 is 2.56 bits per heavy atom. The van der Waals surface area contributed by atoms with Crippen LogP contribution in [0.25, 0.3) is 0 Å². The van der Waals surface area contributed by atoms with Gasteiger partial charge in [0.05, 0.1) is 6.20 Å². The fourth-order valence-electron chi connectivity index (χ4n) is 1.52. The third-order valence-corrected chi connectivity index (χ3v) is 2.57. The highest BCUT2D eigenvalue weighted by Crippen LogP contribution is 2.16. The Kier molecular flexibility index (Phi) is 4.04. The molecule has 0 bridgehead atoms. The maximum atomic E-state index is 12.9. The molecule has 18 heavy (non-hydrogen) atoms. The van der Waals surface area contributed by atoms with Crippen LogP contribution in [0.15, 0.2) is 30.7 Å². The van der Waals surface area contributed by atoms with E-state index in [1.807, 2.05) is 0 Å². The molecule has 0 aliphatic heterocycles. The average Bonchev–Trinajstić information content (AvgIpc) is 2.30. The highest BCUT2D eigenvalue weighted by Gasteiger charge is 2.02. The molecule has 0 saturated carbocycles. The zero-order valence-electron chi connectivity index (χ0n) is 9.33. The van der Waals surface area contributed by atoms with Crippen molar-refractivity contribution >= 4 is 17.4 Å². The van der Waals surface area contributed by atoms with Gasteiger partial charge in [0, 0.05) is 12.6 Å². The van der Waals surface area contributed by atoms with Crippen LogP contribution in [0, 0.1) is 11.6 Å². The standard InChI is InChI=1S/C12H10ClF2N3/c13-11-6-16-7-18-12(11)17-2-1-8-3-9(14)5-10(15)4-8/h3-7H,1-2H2,(H,16,17,18). The lowest BCUT2D eigenvalue weighted by Gasteiger charge is -2.06. The van der Waals surface area contributed by atoms with E-state index in [1.54, 1.807) is 0 Å². The molecular weight excluding hydrogens is 260 g/mol. The Morgan fingerprint density at radius 1 is 1.17 bits per heavy atom. The Morgan fingerprint density at radius 2 is 1.89 bits per heavy atom. The van der Waals surface area contributed by atoms with Crippen molar-refractivity contribution in [3.05, 3.63) is 52.9 Å². The van der Waals surface area contributed by atoms with Gasteiger partial charge in [0.2, 0.25) is 0 Å². The molecule has 0 spiro atoms. The highest BCUT2D eigenvalue weighted by molar-refractivity contribution is 6.32. The van der Waals surface area contributed by atoms with E-state index in [9.17, 15) is 8.78 Å². The fourth-order valence-corrected chi connectivity index (χ4v) is 1.70. The van der Waals surface area contributed by atoms with Gasteiger partial charge in [-0.1, -0.05) is 11.6 Å². The van der Waals surface area contributed by atoms with Crippen LogP contribution in [-0.2, 0) is 6.42 Å². The molecule has 1 heterocycles. The van der Waals surface area contributed by atoms with Crippen molar-refractivity contribution in [1.82, 2.24) is 9.97 Å². The molecule has 0 fully saturated rings. The van der Waals surface area contributed by atoms with Crippen molar-refractivity contribution in [3.63, 3.8) is 0 Å². The Hall–Kier alpha value is -1.75. The maximum absolute atomic E-state index is 12.9. The van der Waals surface area contributed by atoms with Crippen LogP contribution >= 0.6 is 11.6 Å². The van der Waals surface area contributed by atoms with E-state index in [0.717, 1.165) is 6.07 Å². The molecule has 1 aromatic heterocycles. The van der Waals surface area contributed by atoms with Crippen molar-refractivity contribution in [1.29, 1.82) is 0 Å². The van der Waals surface area contributed by atoms with Crippen LogP contribution < -0.4 is 5.32 Å². The van der Waals surface area contributed by atoms with E-state index >= 15 is 0 Å². The number of nitrogens with zero attached hydrogens (tertiary/aromatic N) is 2. The van der Waals surface area contributed by atoms with Gasteiger partial charge in [0.15, 0.2) is 0 Å². The van der Waals surface area contributed by atoms with Crippen molar-refractivity contribution in [2.24, 2.45) is 0 Å². The first-order valence-corrected chi connectivity index (χ1v) is 5.67. The summed E-state index contributed by atoms with van der Waals surface area (Å²) in [6.45, 7) is 0.472. The Labute approximate surface area is 108 Å². The number of hydrogen-bond acceptors (Lipinski definition) is 3. The first-order valence-electron chi connectivity index (χ1n) is 5.29. The van der Waals surface area contributed by atoms with Crippen LogP contribution in [-0.4, -0.2) is 16.5 Å². The molecule has 2 aromatic rings. The van der Waals surface area contributed by atoms with Gasteiger partial charge in [-0.15, -0.1) is 0 Å². The smallest absolute Gasteiger partial charge is 0.148 e. The van der Waals surface area contributed by atoms with Gasteiger partial charge >= 0.3 is 0 Å². The fraction of sp³-hybridized carbons (Fsp3) is 0.167. The molecule has 0 aliphatic carbocycles. The lowest BCUT2D eigenvalue weighted by molar-refractivity contribution is 0.580. The van der Waals surface area contributed by atoms with E-state index in [2.05, 4.69) is 15.3 Å². The van der Waals surface area contributed by atoms with Crippen LogP contribution in [0.1, 0.15) is 5.56 Å². The summed E-state index contributed by atoms with van der Waals surface area (Å²) in [7, 11) is 0. The number of halogens is 3. The minimum atomic E-state index is -0.579. The largest absolute Gasteiger partial charge is 0.368 e. The zero-order valence-corrected chi connectivity index (χ0v) is 10.1. The van der Waals surface area contributed by atoms with Crippen LogP contribution in [0.5, 0.6) is 0 Å². The Balaban J connectivity index is 1.94. The molecule has 6 heteroatoms. The molecule has 0 atom stereocenters. The van der Waals surface area contributed by atoms with E-state index in [-0.39, 0.29) is 0 Å². The third kappa shape index (κ3) is 3.37. The summed E-state index contributed by atoms with van der Waals surface area (Å²) in [5.74, 6) is -0.654.